The number of amides is 3. The van der Waals surface area contributed by atoms with Crippen LogP contribution < -0.4 is 9.64 Å². The first-order valence-electron chi connectivity index (χ1n) is 11.7. The molecule has 4 aliphatic carbocycles. The van der Waals surface area contributed by atoms with E-state index in [0.29, 0.717) is 35.4 Å². The Balaban J connectivity index is 1.32. The van der Waals surface area contributed by atoms with Crippen LogP contribution in [0.3, 0.4) is 0 Å². The molecule has 2 aromatic rings. The first kappa shape index (κ1) is 20.2. The largest absolute Gasteiger partial charge is 0.494 e. The zero-order valence-corrected chi connectivity index (χ0v) is 18.5. The normalized spacial score (nSPS) is 30.8. The lowest BCUT2D eigenvalue weighted by molar-refractivity contribution is -0.140. The van der Waals surface area contributed by atoms with Crippen molar-refractivity contribution >= 4 is 23.4 Å². The SMILES string of the molecule is CCOc1ccc(N(CN2C(=O)[C@@H]3[C@H]4C=C[C@H]([C@H]5C[C@H]45)[C@@H]3C2=O)C(=O)c2ccccc2)cc1. The summed E-state index contributed by atoms with van der Waals surface area (Å²) in [5, 5.41) is 0. The highest BCUT2D eigenvalue weighted by Gasteiger charge is 2.67. The summed E-state index contributed by atoms with van der Waals surface area (Å²) < 4.78 is 5.53. The summed E-state index contributed by atoms with van der Waals surface area (Å²) in [6.07, 6.45) is 5.45. The number of anilines is 1. The number of imide groups is 1. The molecule has 0 spiro atoms. The minimum absolute atomic E-state index is 0.0822. The molecule has 5 aliphatic rings. The third kappa shape index (κ3) is 3.11. The monoisotopic (exact) mass is 442 g/mol. The molecule has 3 amide bonds. The van der Waals surface area contributed by atoms with Crippen molar-refractivity contribution in [1.82, 2.24) is 4.90 Å². The van der Waals surface area contributed by atoms with Gasteiger partial charge in [-0.05, 0) is 73.4 Å². The number of benzene rings is 2. The van der Waals surface area contributed by atoms with Gasteiger partial charge in [0.1, 0.15) is 12.4 Å². The van der Waals surface area contributed by atoms with Gasteiger partial charge in [-0.25, -0.2) is 0 Å². The Morgan fingerprint density at radius 2 is 1.55 bits per heavy atom. The molecule has 6 nitrogen and oxygen atoms in total. The number of rotatable bonds is 6. The topological polar surface area (TPSA) is 66.9 Å². The number of ether oxygens (including phenoxy) is 1. The maximum Gasteiger partial charge on any atom is 0.259 e. The molecular weight excluding hydrogens is 416 g/mol. The van der Waals surface area contributed by atoms with Gasteiger partial charge in [0.2, 0.25) is 11.8 Å². The van der Waals surface area contributed by atoms with Gasteiger partial charge in [-0.1, -0.05) is 30.4 Å². The lowest BCUT2D eigenvalue weighted by Gasteiger charge is -2.37. The van der Waals surface area contributed by atoms with Crippen LogP contribution in [0.15, 0.2) is 66.7 Å². The Hall–Kier alpha value is -3.41. The highest BCUT2D eigenvalue weighted by atomic mass is 16.5. The second kappa shape index (κ2) is 7.58. The quantitative estimate of drug-likeness (QED) is 0.505. The maximum absolute atomic E-state index is 13.5. The number of carbonyl (C=O) groups excluding carboxylic acids is 3. The van der Waals surface area contributed by atoms with Crippen molar-refractivity contribution in [2.75, 3.05) is 18.2 Å². The molecule has 1 saturated heterocycles. The first-order valence-corrected chi connectivity index (χ1v) is 11.7. The molecule has 0 N–H and O–H groups in total. The van der Waals surface area contributed by atoms with Crippen LogP contribution in [0.25, 0.3) is 0 Å². The zero-order valence-electron chi connectivity index (χ0n) is 18.5. The van der Waals surface area contributed by atoms with Crippen molar-refractivity contribution in [1.29, 1.82) is 0 Å². The minimum atomic E-state index is -0.273. The number of carbonyl (C=O) groups is 3. The van der Waals surface area contributed by atoms with Crippen molar-refractivity contribution in [3.63, 3.8) is 0 Å². The predicted octanol–water partition coefficient (Wildman–Crippen LogP) is 3.74. The fourth-order valence-corrected chi connectivity index (χ4v) is 6.19. The van der Waals surface area contributed by atoms with Crippen molar-refractivity contribution < 1.29 is 19.1 Å². The molecule has 3 fully saturated rings. The van der Waals surface area contributed by atoms with Crippen molar-refractivity contribution in [2.24, 2.45) is 35.5 Å². The summed E-state index contributed by atoms with van der Waals surface area (Å²) in [5.41, 5.74) is 1.12. The molecule has 33 heavy (non-hydrogen) atoms. The van der Waals surface area contributed by atoms with Gasteiger partial charge < -0.3 is 4.74 Å². The van der Waals surface area contributed by atoms with Crippen LogP contribution in [0.2, 0.25) is 0 Å². The van der Waals surface area contributed by atoms with Crippen LogP contribution in [0.4, 0.5) is 5.69 Å². The van der Waals surface area contributed by atoms with E-state index in [9.17, 15) is 14.4 Å². The van der Waals surface area contributed by atoms with E-state index in [-0.39, 0.29) is 48.1 Å². The van der Waals surface area contributed by atoms with Gasteiger partial charge >= 0.3 is 0 Å². The fourth-order valence-electron chi connectivity index (χ4n) is 6.19. The van der Waals surface area contributed by atoms with Gasteiger partial charge in [0.05, 0.1) is 18.4 Å². The number of nitrogens with zero attached hydrogens (tertiary/aromatic N) is 2. The molecule has 2 saturated carbocycles. The second-order valence-corrected chi connectivity index (χ2v) is 9.43. The van der Waals surface area contributed by atoms with E-state index in [1.807, 2.05) is 13.0 Å². The summed E-state index contributed by atoms with van der Waals surface area (Å²) in [6, 6.07) is 16.1. The van der Waals surface area contributed by atoms with Crippen LogP contribution in [-0.4, -0.2) is 35.9 Å². The van der Waals surface area contributed by atoms with Gasteiger partial charge in [-0.3, -0.25) is 24.2 Å². The zero-order chi connectivity index (χ0) is 22.7. The Bertz CT molecular complexity index is 1110. The highest BCUT2D eigenvalue weighted by Crippen LogP contribution is 2.65. The third-order valence-corrected chi connectivity index (χ3v) is 7.76. The van der Waals surface area contributed by atoms with E-state index in [1.54, 1.807) is 48.5 Å². The fraction of sp³-hybridized carbons (Fsp3) is 0.370. The minimum Gasteiger partial charge on any atom is -0.494 e. The summed E-state index contributed by atoms with van der Waals surface area (Å²) in [7, 11) is 0. The third-order valence-electron chi connectivity index (χ3n) is 7.76. The predicted molar refractivity (Wildman–Crippen MR) is 122 cm³/mol. The van der Waals surface area contributed by atoms with Crippen LogP contribution in [-0.2, 0) is 9.59 Å². The van der Waals surface area contributed by atoms with Gasteiger partial charge in [0, 0.05) is 11.3 Å². The molecule has 0 radical (unpaired) electrons. The Labute approximate surface area is 192 Å². The molecule has 168 valence electrons. The van der Waals surface area contributed by atoms with Gasteiger partial charge in [-0.2, -0.15) is 0 Å². The lowest BCUT2D eigenvalue weighted by Crippen LogP contribution is -2.45. The van der Waals surface area contributed by atoms with E-state index in [2.05, 4.69) is 12.2 Å². The van der Waals surface area contributed by atoms with Crippen LogP contribution in [0, 0.1) is 35.5 Å². The summed E-state index contributed by atoms with van der Waals surface area (Å²) in [4.78, 5) is 43.3. The second-order valence-electron chi connectivity index (χ2n) is 9.43. The Morgan fingerprint density at radius 3 is 2.12 bits per heavy atom. The van der Waals surface area contributed by atoms with Gasteiger partial charge in [0.25, 0.3) is 5.91 Å². The van der Waals surface area contributed by atoms with E-state index in [1.165, 1.54) is 9.80 Å². The smallest absolute Gasteiger partial charge is 0.259 e. The van der Waals surface area contributed by atoms with Crippen molar-refractivity contribution in [2.45, 2.75) is 13.3 Å². The molecular formula is C27H26N2O4. The van der Waals surface area contributed by atoms with Crippen LogP contribution in [0.5, 0.6) is 5.75 Å². The van der Waals surface area contributed by atoms with Crippen LogP contribution >= 0.6 is 0 Å². The van der Waals surface area contributed by atoms with Crippen LogP contribution in [0.1, 0.15) is 23.7 Å². The average molecular weight is 443 g/mol. The number of likely N-dealkylation sites (tertiary alicyclic amines) is 1. The number of hydrogen-bond donors (Lipinski definition) is 0. The standard InChI is InChI=1S/C27H26N2O4/c1-2-33-18-10-8-17(9-11-18)28(25(30)16-6-4-3-5-7-16)15-29-26(31)23-19-12-13-20(22-14-21(19)22)24(23)27(29)32/h3-13,19-24H,2,14-15H2,1H3/t19-,20+,21-,22-,23+,24-/m1/s1. The molecule has 1 aliphatic heterocycles. The molecule has 0 aromatic heterocycles. The summed E-state index contributed by atoms with van der Waals surface area (Å²) in [5.74, 6) is 1.06. The average Bonchev–Trinajstić information content (AvgIpc) is 3.63. The molecule has 6 heteroatoms. The van der Waals surface area contributed by atoms with E-state index >= 15 is 0 Å². The van der Waals surface area contributed by atoms with Crippen molar-refractivity contribution in [3.05, 3.63) is 72.3 Å². The molecule has 6 atom stereocenters. The van der Waals surface area contributed by atoms with E-state index in [4.69, 9.17) is 4.74 Å². The molecule has 7 rings (SSSR count). The highest BCUT2D eigenvalue weighted by molar-refractivity contribution is 6.09. The van der Waals surface area contributed by atoms with Gasteiger partial charge in [0.15, 0.2) is 0 Å². The first-order chi connectivity index (χ1) is 16.1. The van der Waals surface area contributed by atoms with E-state index < -0.39 is 0 Å². The summed E-state index contributed by atoms with van der Waals surface area (Å²) in [6.45, 7) is 2.38. The molecule has 1 heterocycles. The summed E-state index contributed by atoms with van der Waals surface area (Å²) >= 11 is 0. The molecule has 2 aromatic carbocycles. The molecule has 2 bridgehead atoms. The van der Waals surface area contributed by atoms with Crippen molar-refractivity contribution in [3.8, 4) is 5.75 Å². The molecule has 0 unspecified atom stereocenters. The maximum atomic E-state index is 13.5. The number of hydrogen-bond acceptors (Lipinski definition) is 4. The Kier molecular flexibility index (Phi) is 4.64. The van der Waals surface area contributed by atoms with Gasteiger partial charge in [-0.15, -0.1) is 0 Å². The number of allylic oxidation sites excluding steroid dienone is 2. The van der Waals surface area contributed by atoms with E-state index in [0.717, 1.165) is 6.42 Å². The Morgan fingerprint density at radius 1 is 0.939 bits per heavy atom. The lowest BCUT2D eigenvalue weighted by atomic mass is 9.63.